The number of amides is 1. The number of carboxylic acid groups (broad SMARTS) is 1. The molecule has 0 aliphatic heterocycles. The second-order valence-corrected chi connectivity index (χ2v) is 4.22. The number of carbonyl (C=O) groups excluding carboxylic acids is 1. The van der Waals surface area contributed by atoms with Gasteiger partial charge in [-0.15, -0.1) is 0 Å². The van der Waals surface area contributed by atoms with E-state index in [1.165, 1.54) is 22.9 Å². The van der Waals surface area contributed by atoms with Gasteiger partial charge in [-0.05, 0) is 29.8 Å². The molecule has 0 aliphatic carbocycles. The first-order valence-electron chi connectivity index (χ1n) is 5.80. The standard InChI is InChI=1S/C14H12N2O4/c15-12(17)10-5-3-9(4-6-10)8-16-7-1-2-11(13(16)18)14(19)20/h1-7H,8H2,(H2,15,17)(H,19,20). The molecule has 3 N–H and O–H groups in total. The predicted octanol–water partition coefficient (Wildman–Crippen LogP) is 0.694. The molecular formula is C14H12N2O4. The molecule has 6 heteroatoms. The van der Waals surface area contributed by atoms with Crippen LogP contribution in [0.15, 0.2) is 47.4 Å². The van der Waals surface area contributed by atoms with Gasteiger partial charge in [-0.25, -0.2) is 4.79 Å². The third-order valence-corrected chi connectivity index (χ3v) is 2.84. The summed E-state index contributed by atoms with van der Waals surface area (Å²) in [5, 5.41) is 8.89. The van der Waals surface area contributed by atoms with Gasteiger partial charge >= 0.3 is 5.97 Å². The minimum absolute atomic E-state index is 0.221. The summed E-state index contributed by atoms with van der Waals surface area (Å²) < 4.78 is 1.29. The maximum atomic E-state index is 11.9. The Balaban J connectivity index is 2.31. The Labute approximate surface area is 114 Å². The fraction of sp³-hybridized carbons (Fsp3) is 0.0714. The number of nitrogens with two attached hydrogens (primary N) is 1. The van der Waals surface area contributed by atoms with Gasteiger partial charge in [0.2, 0.25) is 5.91 Å². The smallest absolute Gasteiger partial charge is 0.341 e. The Morgan fingerprint density at radius 2 is 1.80 bits per heavy atom. The van der Waals surface area contributed by atoms with Crippen LogP contribution in [0.2, 0.25) is 0 Å². The molecule has 0 atom stereocenters. The number of carbonyl (C=O) groups is 2. The Kier molecular flexibility index (Phi) is 3.65. The van der Waals surface area contributed by atoms with Gasteiger partial charge in [-0.2, -0.15) is 0 Å². The number of pyridine rings is 1. The summed E-state index contributed by atoms with van der Waals surface area (Å²) >= 11 is 0. The lowest BCUT2D eigenvalue weighted by Crippen LogP contribution is -2.26. The third kappa shape index (κ3) is 2.74. The highest BCUT2D eigenvalue weighted by Gasteiger charge is 2.10. The molecule has 0 fully saturated rings. The van der Waals surface area contributed by atoms with Crippen molar-refractivity contribution >= 4 is 11.9 Å². The van der Waals surface area contributed by atoms with E-state index in [1.807, 2.05) is 0 Å². The van der Waals surface area contributed by atoms with Crippen molar-refractivity contribution in [1.82, 2.24) is 4.57 Å². The normalized spacial score (nSPS) is 10.2. The van der Waals surface area contributed by atoms with E-state index < -0.39 is 17.4 Å². The van der Waals surface area contributed by atoms with Gasteiger partial charge < -0.3 is 15.4 Å². The van der Waals surface area contributed by atoms with Crippen LogP contribution in [0, 0.1) is 0 Å². The number of hydrogen-bond acceptors (Lipinski definition) is 3. The molecule has 1 aromatic heterocycles. The molecular weight excluding hydrogens is 260 g/mol. The molecule has 0 radical (unpaired) electrons. The van der Waals surface area contributed by atoms with Gasteiger partial charge in [0.1, 0.15) is 5.56 Å². The number of hydrogen-bond donors (Lipinski definition) is 2. The lowest BCUT2D eigenvalue weighted by Gasteiger charge is -2.07. The van der Waals surface area contributed by atoms with Crippen molar-refractivity contribution < 1.29 is 14.7 Å². The van der Waals surface area contributed by atoms with Crippen LogP contribution in [0.3, 0.4) is 0 Å². The zero-order valence-electron chi connectivity index (χ0n) is 10.4. The van der Waals surface area contributed by atoms with E-state index in [0.29, 0.717) is 5.56 Å². The molecule has 1 heterocycles. The van der Waals surface area contributed by atoms with Crippen molar-refractivity contribution in [3.8, 4) is 0 Å². The first-order valence-corrected chi connectivity index (χ1v) is 5.80. The van der Waals surface area contributed by atoms with E-state index in [4.69, 9.17) is 10.8 Å². The van der Waals surface area contributed by atoms with Crippen LogP contribution in [0.1, 0.15) is 26.3 Å². The second kappa shape index (κ2) is 5.40. The Morgan fingerprint density at radius 1 is 1.15 bits per heavy atom. The summed E-state index contributed by atoms with van der Waals surface area (Å²) in [5.74, 6) is -1.78. The molecule has 20 heavy (non-hydrogen) atoms. The molecule has 0 saturated carbocycles. The van der Waals surface area contributed by atoms with Crippen molar-refractivity contribution in [3.63, 3.8) is 0 Å². The average molecular weight is 272 g/mol. The van der Waals surface area contributed by atoms with Crippen LogP contribution < -0.4 is 11.3 Å². The van der Waals surface area contributed by atoms with E-state index in [2.05, 4.69) is 0 Å². The lowest BCUT2D eigenvalue weighted by atomic mass is 10.1. The Hall–Kier alpha value is -2.89. The molecule has 2 rings (SSSR count). The fourth-order valence-electron chi connectivity index (χ4n) is 1.80. The monoisotopic (exact) mass is 272 g/mol. The van der Waals surface area contributed by atoms with Crippen LogP contribution in [-0.4, -0.2) is 21.6 Å². The second-order valence-electron chi connectivity index (χ2n) is 4.22. The lowest BCUT2D eigenvalue weighted by molar-refractivity contribution is 0.0694. The first-order chi connectivity index (χ1) is 9.49. The molecule has 6 nitrogen and oxygen atoms in total. The summed E-state index contributed by atoms with van der Waals surface area (Å²) in [5.41, 5.74) is 5.43. The Morgan fingerprint density at radius 3 is 2.35 bits per heavy atom. The van der Waals surface area contributed by atoms with E-state index >= 15 is 0 Å². The predicted molar refractivity (Wildman–Crippen MR) is 71.7 cm³/mol. The largest absolute Gasteiger partial charge is 0.477 e. The van der Waals surface area contributed by atoms with E-state index in [9.17, 15) is 14.4 Å². The molecule has 1 amide bonds. The van der Waals surface area contributed by atoms with Crippen LogP contribution >= 0.6 is 0 Å². The highest BCUT2D eigenvalue weighted by atomic mass is 16.4. The zero-order chi connectivity index (χ0) is 14.7. The van der Waals surface area contributed by atoms with Gasteiger partial charge in [-0.1, -0.05) is 12.1 Å². The summed E-state index contributed by atoms with van der Waals surface area (Å²) in [6, 6.07) is 9.22. The zero-order valence-corrected chi connectivity index (χ0v) is 10.4. The summed E-state index contributed by atoms with van der Waals surface area (Å²) in [6.07, 6.45) is 1.51. The topological polar surface area (TPSA) is 102 Å². The van der Waals surface area contributed by atoms with E-state index in [1.54, 1.807) is 24.3 Å². The van der Waals surface area contributed by atoms with Gasteiger partial charge in [0.15, 0.2) is 0 Å². The quantitative estimate of drug-likeness (QED) is 0.854. The van der Waals surface area contributed by atoms with E-state index in [0.717, 1.165) is 5.56 Å². The van der Waals surface area contributed by atoms with E-state index in [-0.39, 0.29) is 12.1 Å². The number of nitrogens with zero attached hydrogens (tertiary/aromatic N) is 1. The number of rotatable bonds is 4. The first kappa shape index (κ1) is 13.5. The van der Waals surface area contributed by atoms with Crippen molar-refractivity contribution in [1.29, 1.82) is 0 Å². The maximum Gasteiger partial charge on any atom is 0.341 e. The highest BCUT2D eigenvalue weighted by Crippen LogP contribution is 2.05. The van der Waals surface area contributed by atoms with Crippen molar-refractivity contribution in [2.24, 2.45) is 5.73 Å². The SMILES string of the molecule is NC(=O)c1ccc(Cn2cccc(C(=O)O)c2=O)cc1. The number of benzene rings is 1. The Bertz CT molecular complexity index is 717. The van der Waals surface area contributed by atoms with Crippen LogP contribution in [0.4, 0.5) is 0 Å². The van der Waals surface area contributed by atoms with Crippen molar-refractivity contribution in [3.05, 3.63) is 69.6 Å². The molecule has 0 saturated heterocycles. The molecule has 0 spiro atoms. The molecule has 0 unspecified atom stereocenters. The average Bonchev–Trinajstić information content (AvgIpc) is 2.41. The molecule has 1 aromatic carbocycles. The summed E-state index contributed by atoms with van der Waals surface area (Å²) in [7, 11) is 0. The van der Waals surface area contributed by atoms with Gasteiger partial charge in [0, 0.05) is 11.8 Å². The maximum absolute atomic E-state index is 11.9. The number of primary amides is 1. The molecule has 2 aromatic rings. The molecule has 0 bridgehead atoms. The fourth-order valence-corrected chi connectivity index (χ4v) is 1.80. The van der Waals surface area contributed by atoms with Crippen LogP contribution in [0.5, 0.6) is 0 Å². The van der Waals surface area contributed by atoms with Crippen molar-refractivity contribution in [2.45, 2.75) is 6.54 Å². The summed E-state index contributed by atoms with van der Waals surface area (Å²) in [4.78, 5) is 33.7. The van der Waals surface area contributed by atoms with Crippen LogP contribution in [0.25, 0.3) is 0 Å². The minimum atomic E-state index is -1.26. The number of carboxylic acids is 1. The van der Waals surface area contributed by atoms with Crippen molar-refractivity contribution in [2.75, 3.05) is 0 Å². The molecule has 102 valence electrons. The van der Waals surface area contributed by atoms with Gasteiger partial charge in [0.25, 0.3) is 5.56 Å². The number of aromatic nitrogens is 1. The minimum Gasteiger partial charge on any atom is -0.477 e. The van der Waals surface area contributed by atoms with Gasteiger partial charge in [-0.3, -0.25) is 9.59 Å². The summed E-state index contributed by atoms with van der Waals surface area (Å²) in [6.45, 7) is 0.221. The van der Waals surface area contributed by atoms with Crippen LogP contribution in [-0.2, 0) is 6.54 Å². The van der Waals surface area contributed by atoms with Gasteiger partial charge in [0.05, 0.1) is 6.54 Å². The molecule has 0 aliphatic rings. The highest BCUT2D eigenvalue weighted by molar-refractivity contribution is 5.92. The third-order valence-electron chi connectivity index (χ3n) is 2.84. The number of aromatic carboxylic acids is 1.